The number of hydrogen-bond acceptors (Lipinski definition) is 3. The summed E-state index contributed by atoms with van der Waals surface area (Å²) in [6, 6.07) is 13.0. The number of fused-ring (bicyclic) bond motifs is 1. The Hall–Kier alpha value is -2.07. The summed E-state index contributed by atoms with van der Waals surface area (Å²) in [6.45, 7) is 11.3. The molecular formula is C28H41NO3. The number of aliphatic carboxylic acids is 1. The zero-order chi connectivity index (χ0) is 23.1. The fourth-order valence-corrected chi connectivity index (χ4v) is 5.15. The van der Waals surface area contributed by atoms with E-state index < -0.39 is 5.97 Å². The van der Waals surface area contributed by atoms with Gasteiger partial charge in [-0.1, -0.05) is 52.0 Å². The molecule has 176 valence electrons. The minimum absolute atomic E-state index is 0.173. The molecule has 0 bridgehead atoms. The van der Waals surface area contributed by atoms with Gasteiger partial charge in [0.2, 0.25) is 0 Å². The predicted octanol–water partition coefficient (Wildman–Crippen LogP) is 6.76. The summed E-state index contributed by atoms with van der Waals surface area (Å²) >= 11 is 0. The molecule has 0 aromatic heterocycles. The Labute approximate surface area is 194 Å². The van der Waals surface area contributed by atoms with Gasteiger partial charge in [0.05, 0.1) is 12.0 Å². The summed E-state index contributed by atoms with van der Waals surface area (Å²) in [7, 11) is 0. The molecule has 32 heavy (non-hydrogen) atoms. The third kappa shape index (κ3) is 6.25. The lowest BCUT2D eigenvalue weighted by Gasteiger charge is -2.31. The van der Waals surface area contributed by atoms with E-state index in [1.807, 2.05) is 13.8 Å². The molecule has 0 atom stereocenters. The van der Waals surface area contributed by atoms with E-state index in [0.29, 0.717) is 6.10 Å². The van der Waals surface area contributed by atoms with Crippen molar-refractivity contribution in [1.29, 1.82) is 0 Å². The van der Waals surface area contributed by atoms with Gasteiger partial charge in [0.1, 0.15) is 5.75 Å². The molecule has 1 saturated carbocycles. The standard InChI is InChI=1S/C26H35NO3.C2H6/c1-18(2)20-7-9-23(10-8-20)30-25-5-3-4-22-16-19(6-11-24(22)25)17-27-14-12-21(13-15-27)26(28)29;1-2/h3-6,11,16,18,20-21,23H,7-10,12-15,17H2,1-2H3,(H,28,29);1-2H3. The van der Waals surface area contributed by atoms with Crippen LogP contribution in [-0.2, 0) is 11.3 Å². The first-order valence-electron chi connectivity index (χ1n) is 12.6. The van der Waals surface area contributed by atoms with Crippen LogP contribution in [0.3, 0.4) is 0 Å². The highest BCUT2D eigenvalue weighted by atomic mass is 16.5. The summed E-state index contributed by atoms with van der Waals surface area (Å²) in [5, 5.41) is 11.6. The van der Waals surface area contributed by atoms with Crippen LogP contribution in [0.25, 0.3) is 10.8 Å². The maximum Gasteiger partial charge on any atom is 0.306 e. The van der Waals surface area contributed by atoms with Gasteiger partial charge in [-0.15, -0.1) is 0 Å². The van der Waals surface area contributed by atoms with Crippen LogP contribution in [0, 0.1) is 17.8 Å². The van der Waals surface area contributed by atoms with Crippen molar-refractivity contribution in [2.45, 2.75) is 78.9 Å². The number of benzene rings is 2. The van der Waals surface area contributed by atoms with Crippen molar-refractivity contribution in [2.24, 2.45) is 17.8 Å². The summed E-state index contributed by atoms with van der Waals surface area (Å²) in [4.78, 5) is 13.5. The first-order valence-corrected chi connectivity index (χ1v) is 12.6. The number of rotatable bonds is 6. The minimum atomic E-state index is -0.648. The van der Waals surface area contributed by atoms with Gasteiger partial charge in [0.15, 0.2) is 0 Å². The van der Waals surface area contributed by atoms with Crippen molar-refractivity contribution in [3.8, 4) is 5.75 Å². The van der Waals surface area contributed by atoms with Gasteiger partial charge in [0.25, 0.3) is 0 Å². The number of piperidine rings is 1. The van der Waals surface area contributed by atoms with E-state index in [-0.39, 0.29) is 5.92 Å². The molecule has 4 heteroatoms. The lowest BCUT2D eigenvalue weighted by atomic mass is 9.80. The van der Waals surface area contributed by atoms with Crippen LogP contribution >= 0.6 is 0 Å². The highest BCUT2D eigenvalue weighted by Crippen LogP contribution is 2.34. The molecule has 1 saturated heterocycles. The second-order valence-electron chi connectivity index (χ2n) is 9.60. The molecule has 1 aliphatic carbocycles. The number of likely N-dealkylation sites (tertiary alicyclic amines) is 1. The highest BCUT2D eigenvalue weighted by Gasteiger charge is 2.25. The van der Waals surface area contributed by atoms with Crippen molar-refractivity contribution >= 4 is 16.7 Å². The third-order valence-electron chi connectivity index (χ3n) is 7.20. The SMILES string of the molecule is CC.CC(C)C1CCC(Oc2cccc3cc(CN4CCC(C(=O)O)CC4)ccc23)CC1. The molecule has 2 aromatic rings. The summed E-state index contributed by atoms with van der Waals surface area (Å²) < 4.78 is 6.45. The number of hydrogen-bond donors (Lipinski definition) is 1. The topological polar surface area (TPSA) is 49.8 Å². The lowest BCUT2D eigenvalue weighted by molar-refractivity contribution is -0.143. The van der Waals surface area contributed by atoms with Crippen LogP contribution in [0.5, 0.6) is 5.75 Å². The third-order valence-corrected chi connectivity index (χ3v) is 7.20. The van der Waals surface area contributed by atoms with Gasteiger partial charge < -0.3 is 9.84 Å². The Morgan fingerprint density at radius 3 is 2.34 bits per heavy atom. The molecule has 4 nitrogen and oxygen atoms in total. The maximum atomic E-state index is 11.2. The van der Waals surface area contributed by atoms with Crippen molar-refractivity contribution < 1.29 is 14.6 Å². The summed E-state index contributed by atoms with van der Waals surface area (Å²) in [6.07, 6.45) is 6.69. The molecule has 4 rings (SSSR count). The molecule has 0 spiro atoms. The Balaban J connectivity index is 0.00000141. The normalized spacial score (nSPS) is 22.4. The van der Waals surface area contributed by atoms with Gasteiger partial charge in [-0.05, 0) is 86.5 Å². The van der Waals surface area contributed by atoms with Crippen LogP contribution < -0.4 is 4.74 Å². The van der Waals surface area contributed by atoms with Gasteiger partial charge in [-0.25, -0.2) is 0 Å². The summed E-state index contributed by atoms with van der Waals surface area (Å²) in [5.74, 6) is 1.81. The molecule has 1 heterocycles. The number of carbonyl (C=O) groups is 1. The Bertz CT molecular complexity index is 862. The molecule has 0 unspecified atom stereocenters. The highest BCUT2D eigenvalue weighted by molar-refractivity contribution is 5.88. The molecule has 0 radical (unpaired) electrons. The monoisotopic (exact) mass is 439 g/mol. The van der Waals surface area contributed by atoms with Crippen LogP contribution in [-0.4, -0.2) is 35.2 Å². The molecule has 0 amide bonds. The van der Waals surface area contributed by atoms with E-state index >= 15 is 0 Å². The fourth-order valence-electron chi connectivity index (χ4n) is 5.15. The predicted molar refractivity (Wildman–Crippen MR) is 132 cm³/mol. The zero-order valence-corrected chi connectivity index (χ0v) is 20.3. The molecular weight excluding hydrogens is 398 g/mol. The smallest absolute Gasteiger partial charge is 0.306 e. The van der Waals surface area contributed by atoms with Gasteiger partial charge in [-0.2, -0.15) is 0 Å². The Morgan fingerprint density at radius 2 is 1.72 bits per heavy atom. The van der Waals surface area contributed by atoms with Crippen molar-refractivity contribution in [3.63, 3.8) is 0 Å². The summed E-state index contributed by atoms with van der Waals surface area (Å²) in [5.41, 5.74) is 1.28. The molecule has 2 aromatic carbocycles. The quantitative estimate of drug-likeness (QED) is 0.540. The fraction of sp³-hybridized carbons (Fsp3) is 0.607. The van der Waals surface area contributed by atoms with Crippen molar-refractivity contribution in [1.82, 2.24) is 4.90 Å². The molecule has 2 fully saturated rings. The Kier molecular flexibility index (Phi) is 8.98. The first kappa shape index (κ1) is 24.6. The maximum absolute atomic E-state index is 11.2. The second kappa shape index (κ2) is 11.7. The van der Waals surface area contributed by atoms with E-state index in [0.717, 1.165) is 62.9 Å². The second-order valence-corrected chi connectivity index (χ2v) is 9.60. The number of carboxylic acid groups (broad SMARTS) is 1. The van der Waals surface area contributed by atoms with E-state index in [9.17, 15) is 9.90 Å². The number of nitrogens with zero attached hydrogens (tertiary/aromatic N) is 1. The van der Waals surface area contributed by atoms with E-state index in [2.05, 4.69) is 55.1 Å². The van der Waals surface area contributed by atoms with Crippen LogP contribution in [0.4, 0.5) is 0 Å². The van der Waals surface area contributed by atoms with Crippen LogP contribution in [0.1, 0.15) is 71.8 Å². The minimum Gasteiger partial charge on any atom is -0.490 e. The van der Waals surface area contributed by atoms with Crippen LogP contribution in [0.2, 0.25) is 0 Å². The van der Waals surface area contributed by atoms with Gasteiger partial charge in [-0.3, -0.25) is 9.69 Å². The van der Waals surface area contributed by atoms with Crippen molar-refractivity contribution in [2.75, 3.05) is 13.1 Å². The molecule has 1 aliphatic heterocycles. The number of ether oxygens (including phenoxy) is 1. The van der Waals surface area contributed by atoms with Crippen molar-refractivity contribution in [3.05, 3.63) is 42.0 Å². The molecule has 1 N–H and O–H groups in total. The van der Waals surface area contributed by atoms with E-state index in [1.54, 1.807) is 0 Å². The largest absolute Gasteiger partial charge is 0.490 e. The van der Waals surface area contributed by atoms with Crippen LogP contribution in [0.15, 0.2) is 36.4 Å². The first-order chi connectivity index (χ1) is 15.5. The average Bonchev–Trinajstić information content (AvgIpc) is 2.81. The lowest BCUT2D eigenvalue weighted by Crippen LogP contribution is -2.35. The molecule has 2 aliphatic rings. The van der Waals surface area contributed by atoms with Gasteiger partial charge >= 0.3 is 5.97 Å². The zero-order valence-electron chi connectivity index (χ0n) is 20.3. The average molecular weight is 440 g/mol. The van der Waals surface area contributed by atoms with Gasteiger partial charge in [0, 0.05) is 11.9 Å². The van der Waals surface area contributed by atoms with E-state index in [1.165, 1.54) is 29.2 Å². The van der Waals surface area contributed by atoms with E-state index in [4.69, 9.17) is 4.74 Å². The Morgan fingerprint density at radius 1 is 1.03 bits per heavy atom. The number of carboxylic acids is 1.